The Hall–Kier alpha value is -2.57. The topological polar surface area (TPSA) is 119 Å². The molecule has 1 aliphatic carbocycles. The van der Waals surface area contributed by atoms with E-state index in [1.54, 1.807) is 24.3 Å². The maximum absolute atomic E-state index is 12.2. The molecule has 0 unspecified atom stereocenters. The van der Waals surface area contributed by atoms with Crippen molar-refractivity contribution in [1.29, 1.82) is 0 Å². The number of anilines is 1. The van der Waals surface area contributed by atoms with Gasteiger partial charge in [0.1, 0.15) is 5.75 Å². The zero-order valence-corrected chi connectivity index (χ0v) is 13.4. The number of hydrogen-bond donors (Lipinski definition) is 3. The van der Waals surface area contributed by atoms with E-state index in [0.717, 1.165) is 0 Å². The third kappa shape index (κ3) is 5.26. The fraction of sp³-hybridized carbons (Fsp3) is 0.471. The van der Waals surface area contributed by atoms with Gasteiger partial charge < -0.3 is 20.9 Å². The molecule has 1 fully saturated rings. The van der Waals surface area contributed by atoms with Gasteiger partial charge in [-0.3, -0.25) is 14.4 Å². The molecule has 7 nitrogen and oxygen atoms in total. The third-order valence-electron chi connectivity index (χ3n) is 4.19. The standard InChI is InChI=1S/C17H22N2O5/c18-15(20)9-10-24-14-7-5-13(6-8-14)19-16(21)11-1-3-12(4-2-11)17(22)23/h5-8,11-12H,1-4,9-10H2,(H2,18,20)(H,19,21)(H,22,23). The highest BCUT2D eigenvalue weighted by Gasteiger charge is 2.29. The monoisotopic (exact) mass is 334 g/mol. The maximum atomic E-state index is 12.2. The fourth-order valence-electron chi connectivity index (χ4n) is 2.75. The molecule has 0 atom stereocenters. The minimum Gasteiger partial charge on any atom is -0.493 e. The van der Waals surface area contributed by atoms with Crippen LogP contribution in [-0.2, 0) is 14.4 Å². The molecule has 2 rings (SSSR count). The van der Waals surface area contributed by atoms with E-state index in [9.17, 15) is 14.4 Å². The average Bonchev–Trinajstić information content (AvgIpc) is 2.56. The minimum absolute atomic E-state index is 0.0822. The number of carboxylic acid groups (broad SMARTS) is 1. The Morgan fingerprint density at radius 2 is 1.67 bits per heavy atom. The molecule has 0 heterocycles. The van der Waals surface area contributed by atoms with Crippen LogP contribution in [0, 0.1) is 11.8 Å². The summed E-state index contributed by atoms with van der Waals surface area (Å²) < 4.78 is 5.36. The molecule has 4 N–H and O–H groups in total. The fourth-order valence-corrected chi connectivity index (χ4v) is 2.75. The van der Waals surface area contributed by atoms with Gasteiger partial charge in [0.15, 0.2) is 0 Å². The minimum atomic E-state index is -0.777. The Morgan fingerprint density at radius 3 is 2.21 bits per heavy atom. The Balaban J connectivity index is 1.80. The van der Waals surface area contributed by atoms with Crippen molar-refractivity contribution >= 4 is 23.5 Å². The van der Waals surface area contributed by atoms with Crippen molar-refractivity contribution in [2.75, 3.05) is 11.9 Å². The number of ether oxygens (including phenoxy) is 1. The highest BCUT2D eigenvalue weighted by Crippen LogP contribution is 2.30. The van der Waals surface area contributed by atoms with Gasteiger partial charge in [-0.05, 0) is 49.9 Å². The van der Waals surface area contributed by atoms with E-state index in [1.807, 2.05) is 0 Å². The predicted molar refractivity (Wildman–Crippen MR) is 87.5 cm³/mol. The Bertz CT molecular complexity index is 592. The number of primary amides is 1. The van der Waals surface area contributed by atoms with Gasteiger partial charge in [0, 0.05) is 11.6 Å². The van der Waals surface area contributed by atoms with Crippen molar-refractivity contribution in [3.8, 4) is 5.75 Å². The molecule has 24 heavy (non-hydrogen) atoms. The van der Waals surface area contributed by atoms with Crippen LogP contribution in [0.25, 0.3) is 0 Å². The first-order valence-electron chi connectivity index (χ1n) is 8.00. The summed E-state index contributed by atoms with van der Waals surface area (Å²) in [7, 11) is 0. The summed E-state index contributed by atoms with van der Waals surface area (Å²) in [6, 6.07) is 6.86. The highest BCUT2D eigenvalue weighted by atomic mass is 16.5. The van der Waals surface area contributed by atoms with Crippen LogP contribution in [0.1, 0.15) is 32.1 Å². The van der Waals surface area contributed by atoms with Crippen molar-refractivity contribution < 1.29 is 24.2 Å². The van der Waals surface area contributed by atoms with Gasteiger partial charge in [0.2, 0.25) is 11.8 Å². The van der Waals surface area contributed by atoms with Crippen molar-refractivity contribution in [2.45, 2.75) is 32.1 Å². The SMILES string of the molecule is NC(=O)CCOc1ccc(NC(=O)C2CCC(C(=O)O)CC2)cc1. The van der Waals surface area contributed by atoms with E-state index in [0.29, 0.717) is 37.1 Å². The first-order chi connectivity index (χ1) is 11.5. The molecule has 1 aromatic carbocycles. The largest absolute Gasteiger partial charge is 0.493 e. The van der Waals surface area contributed by atoms with Gasteiger partial charge in [0.25, 0.3) is 0 Å². The molecule has 1 aromatic rings. The summed E-state index contributed by atoms with van der Waals surface area (Å²) in [6.45, 7) is 0.216. The number of hydrogen-bond acceptors (Lipinski definition) is 4. The molecule has 1 aliphatic rings. The summed E-state index contributed by atoms with van der Waals surface area (Å²) in [5.41, 5.74) is 5.69. The predicted octanol–water partition coefficient (Wildman–Crippen LogP) is 1.77. The number of benzene rings is 1. The first kappa shape index (κ1) is 17.8. The second-order valence-corrected chi connectivity index (χ2v) is 5.97. The summed E-state index contributed by atoms with van der Waals surface area (Å²) in [4.78, 5) is 33.8. The number of amides is 2. The summed E-state index contributed by atoms with van der Waals surface area (Å²) >= 11 is 0. The van der Waals surface area contributed by atoms with E-state index >= 15 is 0 Å². The number of carbonyl (C=O) groups is 3. The summed E-state index contributed by atoms with van der Waals surface area (Å²) in [5.74, 6) is -1.16. The first-order valence-corrected chi connectivity index (χ1v) is 8.00. The summed E-state index contributed by atoms with van der Waals surface area (Å²) in [6.07, 6.45) is 2.42. The molecule has 0 aliphatic heterocycles. The van der Waals surface area contributed by atoms with Crippen LogP contribution in [0.3, 0.4) is 0 Å². The molecule has 0 saturated heterocycles. The second kappa shape index (κ2) is 8.33. The molecule has 7 heteroatoms. The van der Waals surface area contributed by atoms with Crippen LogP contribution in [0.4, 0.5) is 5.69 Å². The second-order valence-electron chi connectivity index (χ2n) is 5.97. The van der Waals surface area contributed by atoms with E-state index < -0.39 is 11.9 Å². The van der Waals surface area contributed by atoms with Gasteiger partial charge in [-0.25, -0.2) is 0 Å². The molecule has 0 radical (unpaired) electrons. The smallest absolute Gasteiger partial charge is 0.306 e. The number of aliphatic carboxylic acids is 1. The number of carboxylic acids is 1. The highest BCUT2D eigenvalue weighted by molar-refractivity contribution is 5.92. The lowest BCUT2D eigenvalue weighted by atomic mass is 9.81. The number of nitrogens with one attached hydrogen (secondary N) is 1. The van der Waals surface area contributed by atoms with E-state index in [4.69, 9.17) is 15.6 Å². The van der Waals surface area contributed by atoms with Gasteiger partial charge in [-0.2, -0.15) is 0 Å². The van der Waals surface area contributed by atoms with Crippen LogP contribution >= 0.6 is 0 Å². The quantitative estimate of drug-likeness (QED) is 0.702. The van der Waals surface area contributed by atoms with Gasteiger partial charge in [-0.1, -0.05) is 0 Å². The molecular formula is C17H22N2O5. The lowest BCUT2D eigenvalue weighted by Crippen LogP contribution is -2.29. The molecule has 0 spiro atoms. The summed E-state index contributed by atoms with van der Waals surface area (Å²) in [5, 5.41) is 11.8. The van der Waals surface area contributed by atoms with Crippen LogP contribution in [0.5, 0.6) is 5.75 Å². The van der Waals surface area contributed by atoms with Gasteiger partial charge in [-0.15, -0.1) is 0 Å². The molecule has 0 bridgehead atoms. The third-order valence-corrected chi connectivity index (χ3v) is 4.19. The lowest BCUT2D eigenvalue weighted by Gasteiger charge is -2.25. The normalized spacial score (nSPS) is 20.2. The van der Waals surface area contributed by atoms with Crippen LogP contribution in [0.15, 0.2) is 24.3 Å². The Labute approximate surface area is 140 Å². The number of carbonyl (C=O) groups excluding carboxylic acids is 2. The zero-order valence-electron chi connectivity index (χ0n) is 13.4. The lowest BCUT2D eigenvalue weighted by molar-refractivity contribution is -0.143. The number of nitrogens with two attached hydrogens (primary N) is 1. The molecule has 1 saturated carbocycles. The number of rotatable bonds is 7. The van der Waals surface area contributed by atoms with Crippen LogP contribution in [-0.4, -0.2) is 29.5 Å². The van der Waals surface area contributed by atoms with Gasteiger partial charge in [0.05, 0.1) is 18.9 Å². The molecule has 2 amide bonds. The Kier molecular flexibility index (Phi) is 6.17. The van der Waals surface area contributed by atoms with Crippen molar-refractivity contribution in [2.24, 2.45) is 17.6 Å². The van der Waals surface area contributed by atoms with Crippen LogP contribution in [0.2, 0.25) is 0 Å². The average molecular weight is 334 g/mol. The molecule has 130 valence electrons. The van der Waals surface area contributed by atoms with E-state index in [2.05, 4.69) is 5.32 Å². The maximum Gasteiger partial charge on any atom is 0.306 e. The van der Waals surface area contributed by atoms with Crippen molar-refractivity contribution in [1.82, 2.24) is 0 Å². The zero-order chi connectivity index (χ0) is 17.5. The van der Waals surface area contributed by atoms with Gasteiger partial charge >= 0.3 is 5.97 Å². The van der Waals surface area contributed by atoms with Crippen molar-refractivity contribution in [3.05, 3.63) is 24.3 Å². The van der Waals surface area contributed by atoms with E-state index in [1.165, 1.54) is 0 Å². The van der Waals surface area contributed by atoms with Crippen molar-refractivity contribution in [3.63, 3.8) is 0 Å². The van der Waals surface area contributed by atoms with Crippen LogP contribution < -0.4 is 15.8 Å². The molecule has 0 aromatic heterocycles. The van der Waals surface area contributed by atoms with E-state index in [-0.39, 0.29) is 30.8 Å². The molecular weight excluding hydrogens is 312 g/mol. The Morgan fingerprint density at radius 1 is 1.08 bits per heavy atom.